The normalized spacial score (nSPS) is 18.3. The fourth-order valence-electron chi connectivity index (χ4n) is 1.60. The molecule has 15 heavy (non-hydrogen) atoms. The van der Waals surface area contributed by atoms with Crippen molar-refractivity contribution in [2.24, 2.45) is 5.41 Å². The summed E-state index contributed by atoms with van der Waals surface area (Å²) in [5.74, 6) is -0.897. The Morgan fingerprint density at radius 3 is 2.27 bits per heavy atom. The first-order chi connectivity index (χ1) is 6.72. The van der Waals surface area contributed by atoms with E-state index in [2.05, 4.69) is 5.32 Å². The molecule has 0 unspecified atom stereocenters. The summed E-state index contributed by atoms with van der Waals surface area (Å²) in [6.45, 7) is 5.61. The Labute approximate surface area is 90.0 Å². The van der Waals surface area contributed by atoms with Gasteiger partial charge in [0.1, 0.15) is 0 Å². The molecule has 1 aliphatic carbocycles. The molecule has 0 aliphatic heterocycles. The highest BCUT2D eigenvalue weighted by molar-refractivity contribution is 5.79. The average molecular weight is 213 g/mol. The standard InChI is InChI=1S/C11H19NO3/c1-10(2,7-9(14)15)6-8(13)12-11(3)4-5-11/h4-7H2,1-3H3,(H,12,13)(H,14,15). The minimum absolute atomic E-state index is 0.0175. The van der Waals surface area contributed by atoms with Gasteiger partial charge in [0.15, 0.2) is 0 Å². The first-order valence-electron chi connectivity index (χ1n) is 5.25. The van der Waals surface area contributed by atoms with Gasteiger partial charge in [-0.3, -0.25) is 9.59 Å². The van der Waals surface area contributed by atoms with Crippen molar-refractivity contribution in [3.05, 3.63) is 0 Å². The van der Waals surface area contributed by atoms with Crippen LogP contribution >= 0.6 is 0 Å². The van der Waals surface area contributed by atoms with E-state index >= 15 is 0 Å². The van der Waals surface area contributed by atoms with E-state index in [9.17, 15) is 9.59 Å². The fraction of sp³-hybridized carbons (Fsp3) is 0.818. The van der Waals surface area contributed by atoms with E-state index in [4.69, 9.17) is 5.11 Å². The molecular weight excluding hydrogens is 194 g/mol. The van der Waals surface area contributed by atoms with E-state index in [1.165, 1.54) is 0 Å². The summed E-state index contributed by atoms with van der Waals surface area (Å²) in [6, 6.07) is 0. The molecular formula is C11H19NO3. The molecule has 1 fully saturated rings. The summed E-state index contributed by atoms with van der Waals surface area (Å²) in [7, 11) is 0. The Kier molecular flexibility index (Phi) is 3.07. The molecule has 0 aromatic rings. The Balaban J connectivity index is 2.38. The molecule has 4 nitrogen and oxygen atoms in total. The number of carboxylic acids is 1. The van der Waals surface area contributed by atoms with Crippen LogP contribution in [0, 0.1) is 5.41 Å². The number of rotatable bonds is 5. The molecule has 1 saturated carbocycles. The van der Waals surface area contributed by atoms with Gasteiger partial charge in [0.05, 0.1) is 6.42 Å². The molecule has 2 N–H and O–H groups in total. The van der Waals surface area contributed by atoms with E-state index < -0.39 is 11.4 Å². The van der Waals surface area contributed by atoms with E-state index in [0.29, 0.717) is 0 Å². The average Bonchev–Trinajstić information content (AvgIpc) is 2.61. The van der Waals surface area contributed by atoms with Gasteiger partial charge in [-0.25, -0.2) is 0 Å². The maximum atomic E-state index is 11.6. The zero-order valence-corrected chi connectivity index (χ0v) is 9.59. The van der Waals surface area contributed by atoms with Gasteiger partial charge in [-0.05, 0) is 25.2 Å². The molecule has 4 heteroatoms. The lowest BCUT2D eigenvalue weighted by Crippen LogP contribution is -2.37. The van der Waals surface area contributed by atoms with Gasteiger partial charge >= 0.3 is 5.97 Å². The van der Waals surface area contributed by atoms with Crippen molar-refractivity contribution >= 4 is 11.9 Å². The second-order valence-corrected chi connectivity index (χ2v) is 5.52. The number of carbonyl (C=O) groups is 2. The predicted molar refractivity (Wildman–Crippen MR) is 56.4 cm³/mol. The SMILES string of the molecule is CC(C)(CC(=O)O)CC(=O)NC1(C)CC1. The molecule has 1 rings (SSSR count). The van der Waals surface area contributed by atoms with Gasteiger partial charge in [0.25, 0.3) is 0 Å². The van der Waals surface area contributed by atoms with E-state index in [-0.39, 0.29) is 24.3 Å². The summed E-state index contributed by atoms with van der Waals surface area (Å²) in [6.07, 6.45) is 2.35. The highest BCUT2D eigenvalue weighted by Crippen LogP contribution is 2.35. The Bertz CT molecular complexity index is 280. The van der Waals surface area contributed by atoms with Crippen LogP contribution in [-0.2, 0) is 9.59 Å². The largest absolute Gasteiger partial charge is 0.481 e. The van der Waals surface area contributed by atoms with E-state index in [1.807, 2.05) is 6.92 Å². The number of hydrogen-bond acceptors (Lipinski definition) is 2. The van der Waals surface area contributed by atoms with Crippen LogP contribution in [-0.4, -0.2) is 22.5 Å². The van der Waals surface area contributed by atoms with Crippen LogP contribution in [0.4, 0.5) is 0 Å². The third-order valence-electron chi connectivity index (χ3n) is 2.71. The van der Waals surface area contributed by atoms with E-state index in [0.717, 1.165) is 12.8 Å². The molecule has 0 spiro atoms. The number of carbonyl (C=O) groups excluding carboxylic acids is 1. The molecule has 0 atom stereocenters. The topological polar surface area (TPSA) is 66.4 Å². The Morgan fingerprint density at radius 2 is 1.87 bits per heavy atom. The monoisotopic (exact) mass is 213 g/mol. The van der Waals surface area contributed by atoms with Crippen LogP contribution in [0.1, 0.15) is 46.5 Å². The Hall–Kier alpha value is -1.06. The van der Waals surface area contributed by atoms with Gasteiger partial charge in [0.2, 0.25) is 5.91 Å². The van der Waals surface area contributed by atoms with Crippen molar-refractivity contribution in [1.82, 2.24) is 5.32 Å². The summed E-state index contributed by atoms with van der Waals surface area (Å²) in [5.41, 5.74) is -0.489. The van der Waals surface area contributed by atoms with Crippen molar-refractivity contribution in [2.75, 3.05) is 0 Å². The first-order valence-corrected chi connectivity index (χ1v) is 5.25. The lowest BCUT2D eigenvalue weighted by molar-refractivity contribution is -0.139. The van der Waals surface area contributed by atoms with Crippen molar-refractivity contribution < 1.29 is 14.7 Å². The van der Waals surface area contributed by atoms with Crippen LogP contribution in [0.3, 0.4) is 0 Å². The molecule has 1 amide bonds. The number of aliphatic carboxylic acids is 1. The zero-order chi connectivity index (χ0) is 11.7. The lowest BCUT2D eigenvalue weighted by Gasteiger charge is -2.22. The van der Waals surface area contributed by atoms with Crippen LogP contribution < -0.4 is 5.32 Å². The Morgan fingerprint density at radius 1 is 1.33 bits per heavy atom. The highest BCUT2D eigenvalue weighted by atomic mass is 16.4. The quantitative estimate of drug-likeness (QED) is 0.728. The van der Waals surface area contributed by atoms with Crippen molar-refractivity contribution in [1.29, 1.82) is 0 Å². The minimum Gasteiger partial charge on any atom is -0.481 e. The van der Waals surface area contributed by atoms with Crippen molar-refractivity contribution in [3.63, 3.8) is 0 Å². The van der Waals surface area contributed by atoms with Gasteiger partial charge in [-0.15, -0.1) is 0 Å². The fourth-order valence-corrected chi connectivity index (χ4v) is 1.60. The molecule has 86 valence electrons. The number of carboxylic acid groups (broad SMARTS) is 1. The van der Waals surface area contributed by atoms with Crippen LogP contribution in [0.5, 0.6) is 0 Å². The third-order valence-corrected chi connectivity index (χ3v) is 2.71. The van der Waals surface area contributed by atoms with Crippen LogP contribution in [0.2, 0.25) is 0 Å². The summed E-state index contributed by atoms with van der Waals surface area (Å²) < 4.78 is 0. The van der Waals surface area contributed by atoms with Gasteiger partial charge in [-0.2, -0.15) is 0 Å². The lowest BCUT2D eigenvalue weighted by atomic mass is 9.85. The smallest absolute Gasteiger partial charge is 0.303 e. The molecule has 1 aliphatic rings. The maximum absolute atomic E-state index is 11.6. The number of hydrogen-bond donors (Lipinski definition) is 2. The number of nitrogens with one attached hydrogen (secondary N) is 1. The van der Waals surface area contributed by atoms with Crippen molar-refractivity contribution in [2.45, 2.75) is 52.0 Å². The summed E-state index contributed by atoms with van der Waals surface area (Å²) in [4.78, 5) is 22.2. The number of amides is 1. The summed E-state index contributed by atoms with van der Waals surface area (Å²) in [5, 5.41) is 11.6. The van der Waals surface area contributed by atoms with Gasteiger partial charge < -0.3 is 10.4 Å². The maximum Gasteiger partial charge on any atom is 0.303 e. The molecule has 0 saturated heterocycles. The second-order valence-electron chi connectivity index (χ2n) is 5.52. The van der Waals surface area contributed by atoms with E-state index in [1.54, 1.807) is 13.8 Å². The summed E-state index contributed by atoms with van der Waals surface area (Å²) >= 11 is 0. The van der Waals surface area contributed by atoms with Crippen molar-refractivity contribution in [3.8, 4) is 0 Å². The second kappa shape index (κ2) is 3.83. The van der Waals surface area contributed by atoms with Crippen LogP contribution in [0.25, 0.3) is 0 Å². The highest BCUT2D eigenvalue weighted by Gasteiger charge is 2.39. The predicted octanol–water partition coefficient (Wildman–Crippen LogP) is 1.55. The van der Waals surface area contributed by atoms with Gasteiger partial charge in [0, 0.05) is 12.0 Å². The molecule has 0 heterocycles. The van der Waals surface area contributed by atoms with Gasteiger partial charge in [-0.1, -0.05) is 13.8 Å². The molecule has 0 bridgehead atoms. The molecule has 0 aromatic heterocycles. The molecule has 0 radical (unpaired) electrons. The van der Waals surface area contributed by atoms with Crippen LogP contribution in [0.15, 0.2) is 0 Å². The zero-order valence-electron chi connectivity index (χ0n) is 9.59. The minimum atomic E-state index is -0.856. The third kappa shape index (κ3) is 4.32. The molecule has 0 aromatic carbocycles. The first kappa shape index (κ1) is 12.0.